The van der Waals surface area contributed by atoms with Crippen LogP contribution in [0.1, 0.15) is 30.3 Å². The van der Waals surface area contributed by atoms with Crippen molar-refractivity contribution < 1.29 is 28.5 Å². The van der Waals surface area contributed by atoms with Gasteiger partial charge in [0.05, 0.1) is 13.2 Å². The minimum absolute atomic E-state index is 0.0215. The van der Waals surface area contributed by atoms with Gasteiger partial charge in [-0.1, -0.05) is 29.8 Å². The molecule has 10 nitrogen and oxygen atoms in total. The average Bonchev–Trinajstić information content (AvgIpc) is 2.76. The number of nitrogen functional groups attached to an aromatic ring is 1. The third-order valence-electron chi connectivity index (χ3n) is 4.42. The molecule has 0 fully saturated rings. The van der Waals surface area contributed by atoms with Crippen molar-refractivity contribution in [2.75, 3.05) is 12.3 Å². The van der Waals surface area contributed by atoms with Crippen LogP contribution in [0.15, 0.2) is 47.1 Å². The zero-order chi connectivity index (χ0) is 25.3. The molecule has 4 N–H and O–H groups in total. The Labute approximate surface area is 206 Å². The van der Waals surface area contributed by atoms with Crippen molar-refractivity contribution >= 4 is 54.6 Å². The van der Waals surface area contributed by atoms with E-state index in [0.29, 0.717) is 33.4 Å². The van der Waals surface area contributed by atoms with Crippen LogP contribution in [0.2, 0.25) is 5.02 Å². The van der Waals surface area contributed by atoms with Crippen molar-refractivity contribution in [1.29, 1.82) is 0 Å². The largest absolute Gasteiger partial charge is 0.469 e. The van der Waals surface area contributed by atoms with Crippen LogP contribution >= 0.6 is 31.2 Å². The maximum absolute atomic E-state index is 12.6. The number of phosphoric ester groups is 1. The molecular formula is C21H24ClN4O6PS. The Hall–Kier alpha value is -2.53. The number of allylic oxidation sites excluding steroid dienone is 1. The topological polar surface area (TPSA) is 156 Å². The number of nitrogens with two attached hydrogens (primary N) is 1. The lowest BCUT2D eigenvalue weighted by Gasteiger charge is -2.22. The Morgan fingerprint density at radius 2 is 2.00 bits per heavy atom. The van der Waals surface area contributed by atoms with E-state index in [1.54, 1.807) is 44.2 Å². The zero-order valence-corrected chi connectivity index (χ0v) is 20.9. The van der Waals surface area contributed by atoms with Crippen LogP contribution in [-0.4, -0.2) is 42.8 Å². The van der Waals surface area contributed by atoms with Gasteiger partial charge in [-0.25, -0.2) is 14.5 Å². The summed E-state index contributed by atoms with van der Waals surface area (Å²) in [7, 11) is -4.70. The highest BCUT2D eigenvalue weighted by Gasteiger charge is 2.19. The molecule has 0 saturated heterocycles. The van der Waals surface area contributed by atoms with Crippen molar-refractivity contribution in [3.63, 3.8) is 0 Å². The molecule has 0 spiro atoms. The molecule has 0 saturated carbocycles. The summed E-state index contributed by atoms with van der Waals surface area (Å²) < 4.78 is 15.6. The van der Waals surface area contributed by atoms with Crippen LogP contribution < -0.4 is 5.73 Å². The van der Waals surface area contributed by atoms with Crippen molar-refractivity contribution in [2.24, 2.45) is 0 Å². The first-order valence-corrected chi connectivity index (χ1v) is 12.6. The highest BCUT2D eigenvalue weighted by Crippen LogP contribution is 2.37. The van der Waals surface area contributed by atoms with Crippen LogP contribution in [-0.2, 0) is 25.2 Å². The lowest BCUT2D eigenvalue weighted by molar-refractivity contribution is -0.117. The van der Waals surface area contributed by atoms with Gasteiger partial charge in [0.1, 0.15) is 11.6 Å². The summed E-state index contributed by atoms with van der Waals surface area (Å²) in [5.41, 5.74) is 7.57. The van der Waals surface area contributed by atoms with Gasteiger partial charge >= 0.3 is 7.82 Å². The minimum atomic E-state index is -4.70. The zero-order valence-electron chi connectivity index (χ0n) is 18.4. The SMILES string of the molecule is C/C(=C(\CCOP(=O)(O)O)SC(=O)/C=C/c1ccc(Cl)cc1)N(C=O)Cc1cnc(C)nc1N. The van der Waals surface area contributed by atoms with Crippen molar-refractivity contribution in [2.45, 2.75) is 26.8 Å². The number of rotatable bonds is 11. The molecule has 34 heavy (non-hydrogen) atoms. The minimum Gasteiger partial charge on any atom is -0.383 e. The second-order valence-electron chi connectivity index (χ2n) is 6.95. The number of halogens is 1. The van der Waals surface area contributed by atoms with Crippen LogP contribution in [0.5, 0.6) is 0 Å². The molecule has 0 aliphatic heterocycles. The summed E-state index contributed by atoms with van der Waals surface area (Å²) in [6.45, 7) is 2.97. The van der Waals surface area contributed by atoms with E-state index in [1.165, 1.54) is 17.2 Å². The highest BCUT2D eigenvalue weighted by molar-refractivity contribution is 8.17. The summed E-state index contributed by atoms with van der Waals surface area (Å²) in [4.78, 5) is 52.2. The van der Waals surface area contributed by atoms with Crippen molar-refractivity contribution in [1.82, 2.24) is 14.9 Å². The summed E-state index contributed by atoms with van der Waals surface area (Å²) in [5, 5.41) is 0.210. The average molecular weight is 527 g/mol. The predicted molar refractivity (Wildman–Crippen MR) is 131 cm³/mol. The number of thioether (sulfide) groups is 1. The molecule has 13 heteroatoms. The maximum Gasteiger partial charge on any atom is 0.469 e. The molecule has 2 aromatic rings. The number of aryl methyl sites for hydroxylation is 1. The number of amides is 1. The number of aromatic nitrogens is 2. The lowest BCUT2D eigenvalue weighted by Crippen LogP contribution is -2.22. The first kappa shape index (κ1) is 27.7. The van der Waals surface area contributed by atoms with E-state index >= 15 is 0 Å². The predicted octanol–water partition coefficient (Wildman–Crippen LogP) is 3.68. The van der Waals surface area contributed by atoms with Gasteiger partial charge in [0.15, 0.2) is 0 Å². The fourth-order valence-electron chi connectivity index (χ4n) is 2.67. The number of anilines is 1. The maximum atomic E-state index is 12.6. The molecule has 182 valence electrons. The molecule has 1 aromatic carbocycles. The monoisotopic (exact) mass is 526 g/mol. The molecule has 0 radical (unpaired) electrons. The Balaban J connectivity index is 2.25. The van der Waals surface area contributed by atoms with Gasteiger partial charge in [0.2, 0.25) is 11.5 Å². The molecule has 0 aliphatic carbocycles. The third-order valence-corrected chi connectivity index (χ3v) is 6.27. The number of benzene rings is 1. The van der Waals surface area contributed by atoms with Crippen LogP contribution in [0.25, 0.3) is 6.08 Å². The van der Waals surface area contributed by atoms with Crippen LogP contribution in [0.3, 0.4) is 0 Å². The van der Waals surface area contributed by atoms with Crippen LogP contribution in [0.4, 0.5) is 5.82 Å². The number of carbonyl (C=O) groups is 2. The van der Waals surface area contributed by atoms with Crippen molar-refractivity contribution in [3.8, 4) is 0 Å². The smallest absolute Gasteiger partial charge is 0.383 e. The van der Waals surface area contributed by atoms with E-state index in [9.17, 15) is 14.2 Å². The van der Waals surface area contributed by atoms with E-state index in [0.717, 1.165) is 17.3 Å². The van der Waals surface area contributed by atoms with Gasteiger partial charge in [-0.2, -0.15) is 0 Å². The second-order valence-corrected chi connectivity index (χ2v) is 9.72. The standard InChI is InChI=1S/C21H24ClN4O6PS/c1-14(26(13-27)12-17-11-24-15(2)25-21(17)23)19(9-10-32-33(29,30)31)34-20(28)8-5-16-3-6-18(22)7-4-16/h3-8,11,13H,9-10,12H2,1-2H3,(H2,23,24,25)(H2,29,30,31)/b8-5+,19-14-. The quantitative estimate of drug-likeness (QED) is 0.224. The molecule has 1 heterocycles. The van der Waals surface area contributed by atoms with E-state index in [1.807, 2.05) is 0 Å². The lowest BCUT2D eigenvalue weighted by atomic mass is 10.2. The fraction of sp³-hybridized carbons (Fsp3) is 0.238. The number of nitrogens with zero attached hydrogens (tertiary/aromatic N) is 3. The molecular weight excluding hydrogens is 503 g/mol. The normalized spacial score (nSPS) is 12.5. The second kappa shape index (κ2) is 12.8. The van der Waals surface area contributed by atoms with Gasteiger partial charge < -0.3 is 20.4 Å². The first-order chi connectivity index (χ1) is 16.0. The molecule has 0 unspecified atom stereocenters. The molecule has 0 atom stereocenters. The van der Waals surface area contributed by atoms with Gasteiger partial charge in [-0.3, -0.25) is 14.1 Å². The van der Waals surface area contributed by atoms with E-state index < -0.39 is 7.82 Å². The Kier molecular flexibility index (Phi) is 10.4. The Morgan fingerprint density at radius 1 is 1.32 bits per heavy atom. The summed E-state index contributed by atoms with van der Waals surface area (Å²) in [5.74, 6) is 0.697. The van der Waals surface area contributed by atoms with Crippen LogP contribution in [0, 0.1) is 6.92 Å². The summed E-state index contributed by atoms with van der Waals surface area (Å²) in [6.07, 6.45) is 5.00. The summed E-state index contributed by atoms with van der Waals surface area (Å²) in [6, 6.07) is 6.87. The number of hydrogen-bond donors (Lipinski definition) is 3. The van der Waals surface area contributed by atoms with E-state index in [-0.39, 0.29) is 30.5 Å². The number of hydrogen-bond acceptors (Lipinski definition) is 8. The van der Waals surface area contributed by atoms with Gasteiger partial charge in [-0.05, 0) is 49.4 Å². The van der Waals surface area contributed by atoms with Gasteiger partial charge in [0, 0.05) is 33.8 Å². The van der Waals surface area contributed by atoms with Crippen molar-refractivity contribution in [3.05, 3.63) is 69.1 Å². The molecule has 1 amide bonds. The number of carbonyl (C=O) groups excluding carboxylic acids is 2. The highest BCUT2D eigenvalue weighted by atomic mass is 35.5. The van der Waals surface area contributed by atoms with E-state index in [2.05, 4.69) is 14.5 Å². The molecule has 0 bridgehead atoms. The summed E-state index contributed by atoms with van der Waals surface area (Å²) >= 11 is 6.68. The Bertz CT molecular complexity index is 1140. The molecule has 2 rings (SSSR count). The van der Waals surface area contributed by atoms with Gasteiger partial charge in [0.25, 0.3) is 0 Å². The molecule has 0 aliphatic rings. The van der Waals surface area contributed by atoms with E-state index in [4.69, 9.17) is 27.1 Å². The number of phosphoric acid groups is 1. The fourth-order valence-corrected chi connectivity index (χ4v) is 3.95. The Morgan fingerprint density at radius 3 is 2.59 bits per heavy atom. The van der Waals surface area contributed by atoms with Gasteiger partial charge in [-0.15, -0.1) is 0 Å². The molecule has 1 aromatic heterocycles. The third kappa shape index (κ3) is 9.38. The first-order valence-electron chi connectivity index (χ1n) is 9.83.